The van der Waals surface area contributed by atoms with E-state index in [2.05, 4.69) is 22.0 Å². The maximum absolute atomic E-state index is 11.1. The number of hydrogen-bond acceptors (Lipinski definition) is 4. The number of anilines is 2. The molecule has 8 heteroatoms. The number of rotatable bonds is 8. The van der Waals surface area contributed by atoms with Gasteiger partial charge >= 0.3 is 0 Å². The van der Waals surface area contributed by atoms with E-state index in [0.717, 1.165) is 18.4 Å². The lowest BCUT2D eigenvalue weighted by atomic mass is 10.1. The molecule has 0 aromatic heterocycles. The van der Waals surface area contributed by atoms with Gasteiger partial charge < -0.3 is 15.8 Å². The van der Waals surface area contributed by atoms with Crippen LogP contribution in [0.2, 0.25) is 0 Å². The van der Waals surface area contributed by atoms with Crippen molar-refractivity contribution in [3.05, 3.63) is 54.1 Å². The highest BCUT2D eigenvalue weighted by Gasteiger charge is 2.02. The van der Waals surface area contributed by atoms with Gasteiger partial charge in [0.15, 0.2) is 5.96 Å². The molecule has 0 radical (unpaired) electrons. The molecule has 0 atom stereocenters. The van der Waals surface area contributed by atoms with Gasteiger partial charge in [-0.2, -0.15) is 0 Å². The number of sulfonamides is 1. The van der Waals surface area contributed by atoms with Crippen molar-refractivity contribution in [2.75, 3.05) is 29.4 Å². The van der Waals surface area contributed by atoms with Crippen LogP contribution in [0.15, 0.2) is 53.5 Å². The summed E-state index contributed by atoms with van der Waals surface area (Å²) in [6.45, 7) is 2.86. The third-order valence-electron chi connectivity index (χ3n) is 3.43. The predicted molar refractivity (Wildman–Crippen MR) is 106 cm³/mol. The number of hydrogen-bond donors (Lipinski definition) is 3. The van der Waals surface area contributed by atoms with E-state index in [0.29, 0.717) is 30.5 Å². The van der Waals surface area contributed by atoms with Crippen molar-refractivity contribution >= 4 is 27.4 Å². The molecular formula is C18H24N4O3S. The van der Waals surface area contributed by atoms with Crippen LogP contribution in [0.5, 0.6) is 5.75 Å². The van der Waals surface area contributed by atoms with Gasteiger partial charge in [0.05, 0.1) is 12.8 Å². The second-order valence-corrected chi connectivity index (χ2v) is 7.44. The van der Waals surface area contributed by atoms with Gasteiger partial charge in [-0.3, -0.25) is 4.72 Å². The first-order chi connectivity index (χ1) is 12.4. The first-order valence-corrected chi connectivity index (χ1v) is 10.1. The number of benzene rings is 2. The number of nitrogens with one attached hydrogen (secondary N) is 2. The van der Waals surface area contributed by atoms with Crippen LogP contribution in [-0.4, -0.2) is 33.8 Å². The van der Waals surface area contributed by atoms with E-state index in [-0.39, 0.29) is 0 Å². The summed E-state index contributed by atoms with van der Waals surface area (Å²) >= 11 is 0. The smallest absolute Gasteiger partial charge is 0.229 e. The number of nitrogens with two attached hydrogens (primary N) is 1. The molecule has 0 bridgehead atoms. The zero-order valence-corrected chi connectivity index (χ0v) is 15.7. The lowest BCUT2D eigenvalue weighted by Gasteiger charge is -2.08. The molecule has 2 aromatic carbocycles. The van der Waals surface area contributed by atoms with Crippen LogP contribution in [-0.2, 0) is 16.4 Å². The molecular weight excluding hydrogens is 352 g/mol. The number of aryl methyl sites for hydroxylation is 1. The van der Waals surface area contributed by atoms with E-state index < -0.39 is 10.0 Å². The number of guanidine groups is 1. The average molecular weight is 376 g/mol. The first kappa shape index (κ1) is 19.6. The average Bonchev–Trinajstić information content (AvgIpc) is 2.59. The van der Waals surface area contributed by atoms with Gasteiger partial charge in [-0.05, 0) is 48.4 Å². The molecule has 0 aliphatic carbocycles. The summed E-state index contributed by atoms with van der Waals surface area (Å²) in [5.41, 5.74) is 8.49. The van der Waals surface area contributed by atoms with Gasteiger partial charge in [-0.25, -0.2) is 13.4 Å². The molecule has 4 N–H and O–H groups in total. The van der Waals surface area contributed by atoms with Crippen LogP contribution in [0.1, 0.15) is 12.5 Å². The highest BCUT2D eigenvalue weighted by molar-refractivity contribution is 7.92. The summed E-state index contributed by atoms with van der Waals surface area (Å²) < 4.78 is 30.2. The zero-order valence-electron chi connectivity index (χ0n) is 14.9. The minimum atomic E-state index is -3.28. The molecule has 26 heavy (non-hydrogen) atoms. The van der Waals surface area contributed by atoms with Crippen molar-refractivity contribution in [3.8, 4) is 5.75 Å². The maximum atomic E-state index is 11.1. The van der Waals surface area contributed by atoms with Crippen molar-refractivity contribution in [1.82, 2.24) is 0 Å². The first-order valence-electron chi connectivity index (χ1n) is 8.22. The Morgan fingerprint density at radius 2 is 1.69 bits per heavy atom. The third-order valence-corrected chi connectivity index (χ3v) is 4.04. The van der Waals surface area contributed by atoms with Gasteiger partial charge in [-0.15, -0.1) is 0 Å². The minimum absolute atomic E-state index is 0.325. The third kappa shape index (κ3) is 7.02. The molecule has 0 spiro atoms. The molecule has 0 heterocycles. The Morgan fingerprint density at radius 1 is 1.08 bits per heavy atom. The number of aliphatic imine (C=N–C) groups is 1. The zero-order chi connectivity index (χ0) is 19.0. The summed E-state index contributed by atoms with van der Waals surface area (Å²) in [5, 5.41) is 3.03. The Hall–Kier alpha value is -2.74. The van der Waals surface area contributed by atoms with Gasteiger partial charge in [0.25, 0.3) is 0 Å². The Labute approximate surface area is 154 Å². The summed E-state index contributed by atoms with van der Waals surface area (Å²) in [4.78, 5) is 4.21. The van der Waals surface area contributed by atoms with E-state index in [1.165, 1.54) is 5.56 Å². The van der Waals surface area contributed by atoms with Gasteiger partial charge in [0.2, 0.25) is 10.0 Å². The van der Waals surface area contributed by atoms with E-state index in [1.807, 2.05) is 24.3 Å². The van der Waals surface area contributed by atoms with Crippen LogP contribution in [0.3, 0.4) is 0 Å². The van der Waals surface area contributed by atoms with Crippen molar-refractivity contribution in [2.24, 2.45) is 10.7 Å². The molecule has 0 amide bonds. The molecule has 2 rings (SSSR count). The Balaban J connectivity index is 1.77. The standard InChI is InChI=1S/C18H24N4O3S/c1-3-14-4-6-15(7-5-14)21-18(19)20-12-13-25-17-10-8-16(9-11-17)22-26(2,23)24/h4-11,22H,3,12-13H2,1-2H3,(H3,19,20,21). The fourth-order valence-corrected chi connectivity index (χ4v) is 2.74. The summed E-state index contributed by atoms with van der Waals surface area (Å²) in [7, 11) is -3.28. The number of nitrogens with zero attached hydrogens (tertiary/aromatic N) is 1. The fraction of sp³-hybridized carbons (Fsp3) is 0.278. The SMILES string of the molecule is CCc1ccc(NC(N)=NCCOc2ccc(NS(C)(=O)=O)cc2)cc1. The highest BCUT2D eigenvalue weighted by atomic mass is 32.2. The lowest BCUT2D eigenvalue weighted by molar-refractivity contribution is 0.329. The Kier molecular flexibility index (Phi) is 6.85. The monoisotopic (exact) mass is 376 g/mol. The molecule has 140 valence electrons. The van der Waals surface area contributed by atoms with Crippen LogP contribution in [0, 0.1) is 0 Å². The van der Waals surface area contributed by atoms with E-state index in [4.69, 9.17) is 10.5 Å². The van der Waals surface area contributed by atoms with Crippen molar-refractivity contribution in [1.29, 1.82) is 0 Å². The maximum Gasteiger partial charge on any atom is 0.229 e. The second kappa shape index (κ2) is 9.10. The Morgan fingerprint density at radius 3 is 2.27 bits per heavy atom. The quantitative estimate of drug-likeness (QED) is 0.373. The summed E-state index contributed by atoms with van der Waals surface area (Å²) in [5.74, 6) is 0.950. The molecule has 7 nitrogen and oxygen atoms in total. The Bertz CT molecular complexity index is 832. The second-order valence-electron chi connectivity index (χ2n) is 5.69. The molecule has 0 unspecified atom stereocenters. The van der Waals surface area contributed by atoms with Gasteiger partial charge in [0.1, 0.15) is 12.4 Å². The minimum Gasteiger partial charge on any atom is -0.492 e. The molecule has 0 aliphatic heterocycles. The normalized spacial score (nSPS) is 11.8. The van der Waals surface area contributed by atoms with Crippen molar-refractivity contribution < 1.29 is 13.2 Å². The lowest BCUT2D eigenvalue weighted by Crippen LogP contribution is -2.23. The van der Waals surface area contributed by atoms with E-state index in [1.54, 1.807) is 24.3 Å². The summed E-state index contributed by atoms with van der Waals surface area (Å²) in [6, 6.07) is 14.7. The number of ether oxygens (including phenoxy) is 1. The van der Waals surface area contributed by atoms with Crippen molar-refractivity contribution in [2.45, 2.75) is 13.3 Å². The summed E-state index contributed by atoms with van der Waals surface area (Å²) in [6.07, 6.45) is 2.10. The van der Waals surface area contributed by atoms with Gasteiger partial charge in [-0.1, -0.05) is 19.1 Å². The molecule has 0 aliphatic rings. The topological polar surface area (TPSA) is 106 Å². The van der Waals surface area contributed by atoms with Gasteiger partial charge in [0, 0.05) is 11.4 Å². The van der Waals surface area contributed by atoms with Crippen LogP contribution >= 0.6 is 0 Å². The van der Waals surface area contributed by atoms with E-state index >= 15 is 0 Å². The predicted octanol–water partition coefficient (Wildman–Crippen LogP) is 2.43. The molecule has 2 aromatic rings. The fourth-order valence-electron chi connectivity index (χ4n) is 2.17. The molecule has 0 fully saturated rings. The van der Waals surface area contributed by atoms with Crippen LogP contribution < -0.4 is 20.5 Å². The largest absolute Gasteiger partial charge is 0.492 e. The highest BCUT2D eigenvalue weighted by Crippen LogP contribution is 2.16. The van der Waals surface area contributed by atoms with E-state index in [9.17, 15) is 8.42 Å². The van der Waals surface area contributed by atoms with Crippen molar-refractivity contribution in [3.63, 3.8) is 0 Å². The van der Waals surface area contributed by atoms with Crippen LogP contribution in [0.25, 0.3) is 0 Å². The van der Waals surface area contributed by atoms with Crippen LogP contribution in [0.4, 0.5) is 11.4 Å². The molecule has 0 saturated heterocycles. The molecule has 0 saturated carbocycles.